The van der Waals surface area contributed by atoms with Gasteiger partial charge in [0.05, 0.1) is 0 Å². The van der Waals surface area contributed by atoms with Gasteiger partial charge in [0.2, 0.25) is 0 Å². The Hall–Kier alpha value is -1.64. The molecular formula is C27H38N2. The summed E-state index contributed by atoms with van der Waals surface area (Å²) in [7, 11) is 0. The molecule has 1 aliphatic heterocycles. The number of hydrogen-bond acceptors (Lipinski definition) is 2. The molecule has 2 aromatic rings. The van der Waals surface area contributed by atoms with Crippen molar-refractivity contribution in [2.24, 2.45) is 5.92 Å². The van der Waals surface area contributed by atoms with E-state index in [9.17, 15) is 0 Å². The van der Waals surface area contributed by atoms with Crippen molar-refractivity contribution < 1.29 is 0 Å². The highest BCUT2D eigenvalue weighted by Gasteiger charge is 2.43. The van der Waals surface area contributed by atoms with Gasteiger partial charge in [0, 0.05) is 24.5 Å². The Labute approximate surface area is 177 Å². The molecule has 0 amide bonds. The summed E-state index contributed by atoms with van der Waals surface area (Å²) < 4.78 is 0. The molecule has 1 saturated heterocycles. The van der Waals surface area contributed by atoms with E-state index < -0.39 is 0 Å². The molecule has 156 valence electrons. The maximum absolute atomic E-state index is 2.75. The first-order chi connectivity index (χ1) is 14.1. The van der Waals surface area contributed by atoms with E-state index in [1.165, 1.54) is 44.6 Å². The van der Waals surface area contributed by atoms with Crippen molar-refractivity contribution in [3.05, 3.63) is 71.3 Å². The zero-order chi connectivity index (χ0) is 20.4. The van der Waals surface area contributed by atoms with Gasteiger partial charge in [-0.1, -0.05) is 54.6 Å². The zero-order valence-corrected chi connectivity index (χ0v) is 18.7. The molecule has 0 saturated carbocycles. The highest BCUT2D eigenvalue weighted by atomic mass is 15.2. The third kappa shape index (κ3) is 4.29. The molecule has 2 heteroatoms. The standard InChI is InChI=1S/C27H38N2/c1-20(2)29(21(3)4)17-10-16-28-18-15-24-23-13-8-9-14-25(23)27(26(24)19-28)22-11-6-5-7-12-22/h5-9,11-14,20-21,24,26-27H,10,15-19H2,1-4H3/t24-,26-,27-/m0/s1. The largest absolute Gasteiger partial charge is 0.303 e. The third-order valence-corrected chi connectivity index (χ3v) is 7.28. The van der Waals surface area contributed by atoms with E-state index in [1.807, 2.05) is 0 Å². The summed E-state index contributed by atoms with van der Waals surface area (Å²) in [5, 5.41) is 0. The van der Waals surface area contributed by atoms with Crippen LogP contribution in [0.2, 0.25) is 0 Å². The molecule has 2 nitrogen and oxygen atoms in total. The van der Waals surface area contributed by atoms with Crippen molar-refractivity contribution >= 4 is 0 Å². The Balaban J connectivity index is 1.46. The lowest BCUT2D eigenvalue weighted by Gasteiger charge is -2.38. The van der Waals surface area contributed by atoms with Crippen molar-refractivity contribution in [2.45, 2.75) is 64.5 Å². The average molecular weight is 391 g/mol. The monoisotopic (exact) mass is 390 g/mol. The normalized spacial score (nSPS) is 24.3. The molecule has 2 aromatic carbocycles. The van der Waals surface area contributed by atoms with Gasteiger partial charge < -0.3 is 4.90 Å². The van der Waals surface area contributed by atoms with Crippen LogP contribution in [-0.4, -0.2) is 48.1 Å². The topological polar surface area (TPSA) is 6.48 Å². The maximum Gasteiger partial charge on any atom is 0.0138 e. The van der Waals surface area contributed by atoms with E-state index in [0.717, 1.165) is 11.8 Å². The number of benzene rings is 2. The lowest BCUT2D eigenvalue weighted by Crippen LogP contribution is -2.42. The Bertz CT molecular complexity index is 774. The summed E-state index contributed by atoms with van der Waals surface area (Å²) in [6, 6.07) is 21.8. The molecule has 29 heavy (non-hydrogen) atoms. The molecule has 0 bridgehead atoms. The predicted octanol–water partition coefficient (Wildman–Crippen LogP) is 5.75. The zero-order valence-electron chi connectivity index (χ0n) is 18.7. The molecule has 0 spiro atoms. The van der Waals surface area contributed by atoms with Crippen molar-refractivity contribution in [2.75, 3.05) is 26.2 Å². The first-order valence-corrected chi connectivity index (χ1v) is 11.7. The van der Waals surface area contributed by atoms with Crippen LogP contribution in [0.25, 0.3) is 0 Å². The van der Waals surface area contributed by atoms with E-state index in [4.69, 9.17) is 0 Å². The summed E-state index contributed by atoms with van der Waals surface area (Å²) in [5.41, 5.74) is 4.71. The first kappa shape index (κ1) is 20.6. The average Bonchev–Trinajstić information content (AvgIpc) is 3.05. The van der Waals surface area contributed by atoms with Gasteiger partial charge in [-0.05, 0) is 88.7 Å². The minimum absolute atomic E-state index is 0.558. The fourth-order valence-electron chi connectivity index (χ4n) is 6.02. The van der Waals surface area contributed by atoms with Crippen molar-refractivity contribution in [1.29, 1.82) is 0 Å². The van der Waals surface area contributed by atoms with Crippen LogP contribution in [0.5, 0.6) is 0 Å². The van der Waals surface area contributed by atoms with E-state index >= 15 is 0 Å². The second kappa shape index (κ2) is 9.02. The van der Waals surface area contributed by atoms with Crippen LogP contribution in [0, 0.1) is 5.92 Å². The van der Waals surface area contributed by atoms with E-state index in [2.05, 4.69) is 92.1 Å². The third-order valence-electron chi connectivity index (χ3n) is 7.28. The van der Waals surface area contributed by atoms with Crippen molar-refractivity contribution in [3.63, 3.8) is 0 Å². The van der Waals surface area contributed by atoms with Gasteiger partial charge >= 0.3 is 0 Å². The SMILES string of the molecule is CC(C)N(CCCN1CC[C@H]2c3ccccc3[C@H](c3ccccc3)[C@H]2C1)C(C)C. The van der Waals surface area contributed by atoms with Gasteiger partial charge in [-0.25, -0.2) is 0 Å². The van der Waals surface area contributed by atoms with Crippen LogP contribution in [0.3, 0.4) is 0 Å². The highest BCUT2D eigenvalue weighted by Crippen LogP contribution is 2.52. The molecule has 1 fully saturated rings. The number of rotatable bonds is 7. The number of hydrogen-bond donors (Lipinski definition) is 0. The molecule has 0 aromatic heterocycles. The summed E-state index contributed by atoms with van der Waals surface area (Å²) in [5.74, 6) is 2.01. The molecule has 3 atom stereocenters. The van der Waals surface area contributed by atoms with Gasteiger partial charge in [0.25, 0.3) is 0 Å². The second-order valence-electron chi connectivity index (χ2n) is 9.66. The number of piperidine rings is 1. The Morgan fingerprint density at radius 1 is 0.897 bits per heavy atom. The summed E-state index contributed by atoms with van der Waals surface area (Å²) in [6.07, 6.45) is 2.58. The molecule has 0 N–H and O–H groups in total. The number of likely N-dealkylation sites (tertiary alicyclic amines) is 1. The van der Waals surface area contributed by atoms with Crippen molar-refractivity contribution in [3.8, 4) is 0 Å². The van der Waals surface area contributed by atoms with Gasteiger partial charge in [-0.3, -0.25) is 4.90 Å². The highest BCUT2D eigenvalue weighted by molar-refractivity contribution is 5.46. The fraction of sp³-hybridized carbons (Fsp3) is 0.556. The van der Waals surface area contributed by atoms with E-state index in [0.29, 0.717) is 18.0 Å². The van der Waals surface area contributed by atoms with Crippen molar-refractivity contribution in [1.82, 2.24) is 9.80 Å². The van der Waals surface area contributed by atoms with Crippen LogP contribution < -0.4 is 0 Å². The summed E-state index contributed by atoms with van der Waals surface area (Å²) in [4.78, 5) is 5.38. The molecule has 2 aliphatic rings. The minimum atomic E-state index is 0.558. The Kier molecular flexibility index (Phi) is 6.41. The molecule has 0 unspecified atom stereocenters. The van der Waals surface area contributed by atoms with Crippen LogP contribution in [0.4, 0.5) is 0 Å². The minimum Gasteiger partial charge on any atom is -0.303 e. The molecule has 0 radical (unpaired) electrons. The number of fused-ring (bicyclic) bond motifs is 3. The van der Waals surface area contributed by atoms with E-state index in [-0.39, 0.29) is 0 Å². The molecule has 1 heterocycles. The van der Waals surface area contributed by atoms with Crippen LogP contribution in [0.1, 0.15) is 69.1 Å². The fourth-order valence-corrected chi connectivity index (χ4v) is 6.02. The first-order valence-electron chi connectivity index (χ1n) is 11.7. The Morgan fingerprint density at radius 2 is 1.55 bits per heavy atom. The smallest absolute Gasteiger partial charge is 0.0138 e. The lowest BCUT2D eigenvalue weighted by atomic mass is 9.79. The molecule has 1 aliphatic carbocycles. The van der Waals surface area contributed by atoms with Crippen LogP contribution in [0.15, 0.2) is 54.6 Å². The molecule has 4 rings (SSSR count). The predicted molar refractivity (Wildman–Crippen MR) is 124 cm³/mol. The van der Waals surface area contributed by atoms with Crippen LogP contribution >= 0.6 is 0 Å². The Morgan fingerprint density at radius 3 is 2.24 bits per heavy atom. The summed E-state index contributed by atoms with van der Waals surface area (Å²) >= 11 is 0. The van der Waals surface area contributed by atoms with E-state index in [1.54, 1.807) is 11.1 Å². The second-order valence-corrected chi connectivity index (χ2v) is 9.66. The molecular weight excluding hydrogens is 352 g/mol. The van der Waals surface area contributed by atoms with Gasteiger partial charge in [-0.2, -0.15) is 0 Å². The lowest BCUT2D eigenvalue weighted by molar-refractivity contribution is 0.129. The quantitative estimate of drug-likeness (QED) is 0.594. The van der Waals surface area contributed by atoms with Gasteiger partial charge in [-0.15, -0.1) is 0 Å². The van der Waals surface area contributed by atoms with Gasteiger partial charge in [0.1, 0.15) is 0 Å². The summed E-state index contributed by atoms with van der Waals surface area (Å²) in [6.45, 7) is 14.2. The number of nitrogens with zero attached hydrogens (tertiary/aromatic N) is 2. The maximum atomic E-state index is 2.75. The van der Waals surface area contributed by atoms with Crippen LogP contribution in [-0.2, 0) is 0 Å². The van der Waals surface area contributed by atoms with Gasteiger partial charge in [0.15, 0.2) is 0 Å².